The first-order chi connectivity index (χ1) is 8.53. The van der Waals surface area contributed by atoms with Crippen LogP contribution in [-0.2, 0) is 11.3 Å². The van der Waals surface area contributed by atoms with Crippen LogP contribution in [0.4, 0.5) is 0 Å². The molecule has 0 aromatic carbocycles. The molecule has 0 bridgehead atoms. The molecule has 1 fully saturated rings. The molecule has 0 N–H and O–H groups in total. The molecule has 1 atom stereocenters. The summed E-state index contributed by atoms with van der Waals surface area (Å²) in [6.45, 7) is 9.28. The Morgan fingerprint density at radius 3 is 2.78 bits per heavy atom. The lowest BCUT2D eigenvalue weighted by Crippen LogP contribution is -2.33. The Hall–Kier alpha value is -0.670. The fourth-order valence-corrected chi connectivity index (χ4v) is 3.50. The predicted octanol–water partition coefficient (Wildman–Crippen LogP) is 3.58. The van der Waals surface area contributed by atoms with Crippen LogP contribution in [0, 0.1) is 11.3 Å². The van der Waals surface area contributed by atoms with Crippen LogP contribution in [-0.4, -0.2) is 23.8 Å². The van der Waals surface area contributed by atoms with Crippen molar-refractivity contribution in [3.63, 3.8) is 0 Å². The highest BCUT2D eigenvalue weighted by Gasteiger charge is 2.40. The first kappa shape index (κ1) is 13.8. The summed E-state index contributed by atoms with van der Waals surface area (Å²) in [7, 11) is 0. The second-order valence-electron chi connectivity index (χ2n) is 5.89. The van der Waals surface area contributed by atoms with Crippen molar-refractivity contribution in [3.8, 4) is 0 Å². The molecule has 18 heavy (non-hydrogen) atoms. The second-order valence-corrected chi connectivity index (χ2v) is 6.92. The van der Waals surface area contributed by atoms with Crippen molar-refractivity contribution in [2.75, 3.05) is 13.1 Å². The molecule has 1 aliphatic rings. The summed E-state index contributed by atoms with van der Waals surface area (Å²) >= 11 is 1.80. The van der Waals surface area contributed by atoms with Crippen LogP contribution < -0.4 is 0 Å². The van der Waals surface area contributed by atoms with E-state index in [1.165, 1.54) is 4.88 Å². The number of rotatable bonds is 5. The molecular weight excluding hydrogens is 242 g/mol. The normalized spacial score (nSPS) is 22.9. The molecule has 1 unspecified atom stereocenters. The topological polar surface area (TPSA) is 20.3 Å². The SMILES string of the molecule is CCN(Cc1cccs1)CC1CCC(C)(C)C1=O. The van der Waals surface area contributed by atoms with Crippen molar-refractivity contribution < 1.29 is 4.79 Å². The third kappa shape index (κ3) is 3.01. The van der Waals surface area contributed by atoms with Crippen molar-refractivity contribution >= 4 is 17.1 Å². The van der Waals surface area contributed by atoms with Crippen molar-refractivity contribution in [3.05, 3.63) is 22.4 Å². The highest BCUT2D eigenvalue weighted by Crippen LogP contribution is 2.37. The zero-order valence-electron chi connectivity index (χ0n) is 11.6. The van der Waals surface area contributed by atoms with Crippen LogP contribution in [0.1, 0.15) is 38.5 Å². The van der Waals surface area contributed by atoms with Gasteiger partial charge in [-0.1, -0.05) is 26.8 Å². The van der Waals surface area contributed by atoms with Crippen LogP contribution in [0.5, 0.6) is 0 Å². The summed E-state index contributed by atoms with van der Waals surface area (Å²) in [4.78, 5) is 16.0. The van der Waals surface area contributed by atoms with Crippen molar-refractivity contribution in [2.45, 2.75) is 40.2 Å². The van der Waals surface area contributed by atoms with E-state index < -0.39 is 0 Å². The molecule has 0 saturated heterocycles. The molecule has 2 rings (SSSR count). The van der Waals surface area contributed by atoms with E-state index in [0.717, 1.165) is 32.5 Å². The minimum absolute atomic E-state index is 0.0903. The molecule has 1 heterocycles. The summed E-state index contributed by atoms with van der Waals surface area (Å²) < 4.78 is 0. The lowest BCUT2D eigenvalue weighted by molar-refractivity contribution is -0.128. The van der Waals surface area contributed by atoms with Gasteiger partial charge in [-0.2, -0.15) is 0 Å². The molecule has 0 amide bonds. The summed E-state index contributed by atoms with van der Waals surface area (Å²) in [6.07, 6.45) is 2.11. The van der Waals surface area contributed by atoms with E-state index in [1.54, 1.807) is 11.3 Å². The number of thiophene rings is 1. The maximum Gasteiger partial charge on any atom is 0.142 e. The first-order valence-corrected chi connectivity index (χ1v) is 7.70. The monoisotopic (exact) mass is 265 g/mol. The molecule has 1 aliphatic carbocycles. The largest absolute Gasteiger partial charge is 0.299 e. The third-order valence-corrected chi connectivity index (χ3v) is 4.90. The van der Waals surface area contributed by atoms with Gasteiger partial charge in [-0.25, -0.2) is 0 Å². The first-order valence-electron chi connectivity index (χ1n) is 6.82. The molecular formula is C15H23NOS. The quantitative estimate of drug-likeness (QED) is 0.811. The van der Waals surface area contributed by atoms with Crippen LogP contribution >= 0.6 is 11.3 Å². The standard InChI is InChI=1S/C15H23NOS/c1-4-16(11-13-6-5-9-18-13)10-12-7-8-15(2,3)14(12)17/h5-6,9,12H,4,7-8,10-11H2,1-3H3. The number of nitrogens with zero attached hydrogens (tertiary/aromatic N) is 1. The average molecular weight is 265 g/mol. The maximum absolute atomic E-state index is 12.3. The Labute approximate surface area is 114 Å². The van der Waals surface area contributed by atoms with Gasteiger partial charge in [0.2, 0.25) is 0 Å². The average Bonchev–Trinajstić information content (AvgIpc) is 2.92. The fraction of sp³-hybridized carbons (Fsp3) is 0.667. The number of hydrogen-bond donors (Lipinski definition) is 0. The highest BCUT2D eigenvalue weighted by atomic mass is 32.1. The van der Waals surface area contributed by atoms with Gasteiger partial charge in [0.1, 0.15) is 5.78 Å². The highest BCUT2D eigenvalue weighted by molar-refractivity contribution is 7.09. The van der Waals surface area contributed by atoms with Gasteiger partial charge >= 0.3 is 0 Å². The minimum atomic E-state index is -0.0903. The summed E-state index contributed by atoms with van der Waals surface area (Å²) in [5, 5.41) is 2.12. The minimum Gasteiger partial charge on any atom is -0.299 e. The maximum atomic E-state index is 12.3. The van der Waals surface area contributed by atoms with E-state index in [0.29, 0.717) is 5.78 Å². The molecule has 100 valence electrons. The van der Waals surface area contributed by atoms with Crippen molar-refractivity contribution in [1.82, 2.24) is 4.90 Å². The van der Waals surface area contributed by atoms with Gasteiger partial charge in [0.05, 0.1) is 0 Å². The lowest BCUT2D eigenvalue weighted by atomic mass is 9.89. The third-order valence-electron chi connectivity index (χ3n) is 4.04. The summed E-state index contributed by atoms with van der Waals surface area (Å²) in [5.41, 5.74) is -0.0903. The molecule has 0 aliphatic heterocycles. The van der Waals surface area contributed by atoms with E-state index in [2.05, 4.69) is 43.2 Å². The molecule has 1 saturated carbocycles. The molecule has 3 heteroatoms. The Morgan fingerprint density at radius 1 is 1.50 bits per heavy atom. The van der Waals surface area contributed by atoms with Crippen LogP contribution in [0.3, 0.4) is 0 Å². The zero-order chi connectivity index (χ0) is 13.2. The van der Waals surface area contributed by atoms with E-state index in [1.807, 2.05) is 0 Å². The van der Waals surface area contributed by atoms with E-state index in [9.17, 15) is 4.79 Å². The van der Waals surface area contributed by atoms with Gasteiger partial charge in [0.25, 0.3) is 0 Å². The van der Waals surface area contributed by atoms with Gasteiger partial charge < -0.3 is 0 Å². The van der Waals surface area contributed by atoms with Gasteiger partial charge in [-0.15, -0.1) is 11.3 Å². The van der Waals surface area contributed by atoms with Crippen LogP contribution in [0.25, 0.3) is 0 Å². The number of hydrogen-bond acceptors (Lipinski definition) is 3. The molecule has 1 aromatic rings. The summed E-state index contributed by atoms with van der Waals surface area (Å²) in [6, 6.07) is 4.27. The Kier molecular flexibility index (Phi) is 4.23. The number of Topliss-reactive ketones (excluding diaryl/α,β-unsaturated/α-hetero) is 1. The zero-order valence-corrected chi connectivity index (χ0v) is 12.4. The van der Waals surface area contributed by atoms with E-state index >= 15 is 0 Å². The van der Waals surface area contributed by atoms with Crippen LogP contribution in [0.15, 0.2) is 17.5 Å². The Morgan fingerprint density at radius 2 is 2.28 bits per heavy atom. The van der Waals surface area contributed by atoms with Crippen molar-refractivity contribution in [2.24, 2.45) is 11.3 Å². The lowest BCUT2D eigenvalue weighted by Gasteiger charge is -2.24. The van der Waals surface area contributed by atoms with Gasteiger partial charge in [-0.3, -0.25) is 9.69 Å². The number of carbonyl (C=O) groups excluding carboxylic acids is 1. The van der Waals surface area contributed by atoms with Crippen LogP contribution in [0.2, 0.25) is 0 Å². The number of carbonyl (C=O) groups is 1. The summed E-state index contributed by atoms with van der Waals surface area (Å²) in [5.74, 6) is 0.715. The Bertz CT molecular complexity index is 397. The predicted molar refractivity (Wildman–Crippen MR) is 76.8 cm³/mol. The van der Waals surface area contributed by atoms with E-state index in [-0.39, 0.29) is 11.3 Å². The number of ketones is 1. The Balaban J connectivity index is 1.93. The van der Waals surface area contributed by atoms with E-state index in [4.69, 9.17) is 0 Å². The van der Waals surface area contributed by atoms with Gasteiger partial charge in [0.15, 0.2) is 0 Å². The fourth-order valence-electron chi connectivity index (χ4n) is 2.76. The molecule has 0 radical (unpaired) electrons. The van der Waals surface area contributed by atoms with Gasteiger partial charge in [0, 0.05) is 29.3 Å². The molecule has 0 spiro atoms. The van der Waals surface area contributed by atoms with Crippen molar-refractivity contribution in [1.29, 1.82) is 0 Å². The molecule has 1 aromatic heterocycles. The second kappa shape index (κ2) is 5.54. The van der Waals surface area contributed by atoms with Gasteiger partial charge in [-0.05, 0) is 30.8 Å². The smallest absolute Gasteiger partial charge is 0.142 e. The molecule has 2 nitrogen and oxygen atoms in total.